The second kappa shape index (κ2) is 10.8. The summed E-state index contributed by atoms with van der Waals surface area (Å²) in [7, 11) is 1.82. The molecule has 2 aliphatic heterocycles. The largest absolute Gasteiger partial charge is 0.366 e. The highest BCUT2D eigenvalue weighted by atomic mass is 35.5. The summed E-state index contributed by atoms with van der Waals surface area (Å²) in [5, 5.41) is 4.01. The minimum Gasteiger partial charge on any atom is -0.366 e. The fourth-order valence-corrected chi connectivity index (χ4v) is 5.74. The molecule has 3 N–H and O–H groups in total. The summed E-state index contributed by atoms with van der Waals surface area (Å²) in [6.45, 7) is 5.36. The van der Waals surface area contributed by atoms with E-state index >= 15 is 0 Å². The summed E-state index contributed by atoms with van der Waals surface area (Å²) < 4.78 is 14.5. The van der Waals surface area contributed by atoms with Crippen molar-refractivity contribution in [1.29, 1.82) is 0 Å². The number of aliphatic imine (C=N–C) groups is 1. The zero-order chi connectivity index (χ0) is 27.8. The Hall–Kier alpha value is -3.75. The van der Waals surface area contributed by atoms with Crippen molar-refractivity contribution in [3.8, 4) is 11.1 Å². The van der Waals surface area contributed by atoms with E-state index < -0.39 is 17.8 Å². The number of nitrogens with one attached hydrogen (secondary N) is 1. The van der Waals surface area contributed by atoms with Crippen molar-refractivity contribution in [2.45, 2.75) is 38.8 Å². The molecule has 2 aliphatic rings. The average molecular weight is 548 g/mol. The van der Waals surface area contributed by atoms with Gasteiger partial charge in [0, 0.05) is 41.5 Å². The molecule has 0 saturated carbocycles. The van der Waals surface area contributed by atoms with Gasteiger partial charge < -0.3 is 20.9 Å². The number of hydrogen-bond donors (Lipinski definition) is 2. The summed E-state index contributed by atoms with van der Waals surface area (Å²) in [4.78, 5) is 34.3. The highest BCUT2D eigenvalue weighted by Crippen LogP contribution is 2.41. The number of likely N-dealkylation sites (N-methyl/N-ethyl adjacent to an activating group) is 1. The van der Waals surface area contributed by atoms with E-state index in [9.17, 15) is 14.0 Å². The lowest BCUT2D eigenvalue weighted by Crippen LogP contribution is -2.46. The van der Waals surface area contributed by atoms with Crippen LogP contribution < -0.4 is 16.0 Å². The number of fused-ring (bicyclic) bond motifs is 1. The molecule has 9 heteroatoms. The van der Waals surface area contributed by atoms with E-state index in [4.69, 9.17) is 22.3 Å². The molecule has 1 unspecified atom stereocenters. The van der Waals surface area contributed by atoms with Gasteiger partial charge in [0.25, 0.3) is 0 Å². The lowest BCUT2D eigenvalue weighted by Gasteiger charge is -2.36. The molecule has 1 saturated heterocycles. The Labute approximate surface area is 232 Å². The average Bonchev–Trinajstić information content (AvgIpc) is 3.39. The van der Waals surface area contributed by atoms with Gasteiger partial charge in [-0.05, 0) is 104 Å². The summed E-state index contributed by atoms with van der Waals surface area (Å²) >= 11 is 6.41. The summed E-state index contributed by atoms with van der Waals surface area (Å²) in [5.74, 6) is -1.38. The monoisotopic (exact) mass is 547 g/mol. The number of anilines is 1. The van der Waals surface area contributed by atoms with Crippen molar-refractivity contribution in [2.75, 3.05) is 25.0 Å². The topological polar surface area (TPSA) is 91.0 Å². The number of amides is 2. The maximum absolute atomic E-state index is 14.5. The SMILES string of the molecule is Cc1cc(Cl)cc(N2C=Nc3cc(C)c(-c4cc(F)cc(C(N)=O)c4)cc3C2C(=O)N(C)C[C@@H]2CCCN2)c1. The molecule has 2 heterocycles. The van der Waals surface area contributed by atoms with Crippen molar-refractivity contribution in [2.24, 2.45) is 10.7 Å². The number of nitrogens with zero attached hydrogens (tertiary/aromatic N) is 3. The molecule has 3 aromatic carbocycles. The molecule has 0 aliphatic carbocycles. The van der Waals surface area contributed by atoms with Crippen molar-refractivity contribution in [3.05, 3.63) is 81.6 Å². The summed E-state index contributed by atoms with van der Waals surface area (Å²) in [6.07, 6.45) is 3.77. The van der Waals surface area contributed by atoms with Crippen LogP contribution in [0.25, 0.3) is 11.1 Å². The number of carbonyl (C=O) groups is 2. The molecule has 3 aromatic rings. The van der Waals surface area contributed by atoms with Crippen molar-refractivity contribution >= 4 is 41.1 Å². The molecule has 5 rings (SSSR count). The van der Waals surface area contributed by atoms with E-state index in [1.807, 2.05) is 56.1 Å². The first-order chi connectivity index (χ1) is 18.6. The number of aryl methyl sites for hydroxylation is 2. The molecule has 2 atom stereocenters. The number of halogens is 2. The second-order valence-electron chi connectivity index (χ2n) is 10.4. The van der Waals surface area contributed by atoms with E-state index in [2.05, 4.69) is 5.32 Å². The fraction of sp³-hybridized carbons (Fsp3) is 0.300. The number of carbonyl (C=O) groups excluding carboxylic acids is 2. The van der Waals surface area contributed by atoms with Crippen LogP contribution >= 0.6 is 11.6 Å². The van der Waals surface area contributed by atoms with Gasteiger partial charge in [-0.2, -0.15) is 0 Å². The van der Waals surface area contributed by atoms with Crippen molar-refractivity contribution < 1.29 is 14.0 Å². The van der Waals surface area contributed by atoms with Crippen LogP contribution in [0, 0.1) is 19.7 Å². The van der Waals surface area contributed by atoms with E-state index in [-0.39, 0.29) is 17.5 Å². The first-order valence-electron chi connectivity index (χ1n) is 12.9. The maximum Gasteiger partial charge on any atom is 0.250 e. The Morgan fingerprint density at radius 2 is 1.95 bits per heavy atom. The van der Waals surface area contributed by atoms with Crippen LogP contribution in [0.4, 0.5) is 15.8 Å². The van der Waals surface area contributed by atoms with Gasteiger partial charge in [-0.15, -0.1) is 0 Å². The molecular weight excluding hydrogens is 517 g/mol. The minimum absolute atomic E-state index is 0.0765. The second-order valence-corrected chi connectivity index (χ2v) is 10.8. The lowest BCUT2D eigenvalue weighted by molar-refractivity contribution is -0.131. The van der Waals surface area contributed by atoms with Gasteiger partial charge in [0.15, 0.2) is 0 Å². The van der Waals surface area contributed by atoms with Crippen LogP contribution in [0.5, 0.6) is 0 Å². The molecule has 202 valence electrons. The number of benzene rings is 3. The molecule has 0 spiro atoms. The molecule has 1 fully saturated rings. The third-order valence-corrected chi connectivity index (χ3v) is 7.57. The third kappa shape index (κ3) is 5.53. The Bertz CT molecular complexity index is 1460. The van der Waals surface area contributed by atoms with Gasteiger partial charge >= 0.3 is 0 Å². The molecule has 0 bridgehead atoms. The standard InChI is InChI=1S/C30H31ClFN5O2/c1-17-7-21(31)13-24(8-17)37-16-35-27-9-18(2)25(19-10-20(29(33)38)12-22(32)11-19)14-26(27)28(37)30(39)36(3)15-23-5-4-6-34-23/h7-14,16,23,28,34H,4-6,15H2,1-3H3,(H2,33,38)/t23-,28?/m0/s1. The molecular formula is C30H31ClFN5O2. The quantitative estimate of drug-likeness (QED) is 0.438. The minimum atomic E-state index is -0.731. The lowest BCUT2D eigenvalue weighted by atomic mass is 9.91. The highest BCUT2D eigenvalue weighted by molar-refractivity contribution is 6.31. The van der Waals surface area contributed by atoms with Crippen LogP contribution in [0.15, 0.2) is 53.5 Å². The summed E-state index contributed by atoms with van der Waals surface area (Å²) in [5.41, 5.74) is 10.6. The third-order valence-electron chi connectivity index (χ3n) is 7.35. The zero-order valence-corrected chi connectivity index (χ0v) is 22.9. The van der Waals surface area contributed by atoms with Gasteiger partial charge in [-0.1, -0.05) is 11.6 Å². The van der Waals surface area contributed by atoms with Crippen LogP contribution in [0.1, 0.15) is 45.9 Å². The Morgan fingerprint density at radius 1 is 1.15 bits per heavy atom. The van der Waals surface area contributed by atoms with Crippen molar-refractivity contribution in [1.82, 2.24) is 10.2 Å². The maximum atomic E-state index is 14.5. The normalized spacial score (nSPS) is 18.2. The van der Waals surface area contributed by atoms with Crippen molar-refractivity contribution in [3.63, 3.8) is 0 Å². The smallest absolute Gasteiger partial charge is 0.250 e. The van der Waals surface area contributed by atoms with Crippen LogP contribution in [0.3, 0.4) is 0 Å². The van der Waals surface area contributed by atoms with E-state index in [1.54, 1.807) is 17.3 Å². The number of rotatable bonds is 6. The molecule has 0 aromatic heterocycles. The molecule has 2 amide bonds. The predicted molar refractivity (Wildman–Crippen MR) is 153 cm³/mol. The van der Waals surface area contributed by atoms with Crippen LogP contribution in [0.2, 0.25) is 5.02 Å². The molecule has 0 radical (unpaired) electrons. The highest BCUT2D eigenvalue weighted by Gasteiger charge is 2.36. The van der Waals surface area contributed by atoms with Gasteiger partial charge in [0.2, 0.25) is 11.8 Å². The molecule has 7 nitrogen and oxygen atoms in total. The first-order valence-corrected chi connectivity index (χ1v) is 13.3. The Balaban J connectivity index is 1.63. The summed E-state index contributed by atoms with van der Waals surface area (Å²) in [6, 6.07) is 12.9. The number of primary amides is 1. The Morgan fingerprint density at radius 3 is 2.64 bits per heavy atom. The van der Waals surface area contributed by atoms with Gasteiger partial charge in [-0.3, -0.25) is 9.59 Å². The molecule has 39 heavy (non-hydrogen) atoms. The fourth-order valence-electron chi connectivity index (χ4n) is 5.46. The van der Waals surface area contributed by atoms with E-state index in [0.29, 0.717) is 33.9 Å². The van der Waals surface area contributed by atoms with E-state index in [0.717, 1.165) is 42.3 Å². The zero-order valence-electron chi connectivity index (χ0n) is 22.2. The predicted octanol–water partition coefficient (Wildman–Crippen LogP) is 5.29. The number of hydrogen-bond acceptors (Lipinski definition) is 5. The first kappa shape index (κ1) is 26.8. The van der Waals surface area contributed by atoms with Gasteiger partial charge in [0.05, 0.1) is 12.0 Å². The van der Waals surface area contributed by atoms with Crippen LogP contribution in [-0.4, -0.2) is 49.2 Å². The van der Waals surface area contributed by atoms with E-state index in [1.165, 1.54) is 6.07 Å². The van der Waals surface area contributed by atoms with Crippen LogP contribution in [-0.2, 0) is 4.79 Å². The number of nitrogens with two attached hydrogens (primary N) is 1. The van der Waals surface area contributed by atoms with Gasteiger partial charge in [-0.25, -0.2) is 9.38 Å². The van der Waals surface area contributed by atoms with Gasteiger partial charge in [0.1, 0.15) is 11.9 Å². The Kier molecular flexibility index (Phi) is 7.42.